The molecule has 78 valence electrons. The Morgan fingerprint density at radius 2 is 2.20 bits per heavy atom. The van der Waals surface area contributed by atoms with Crippen LogP contribution in [0.4, 0.5) is 0 Å². The van der Waals surface area contributed by atoms with Crippen molar-refractivity contribution >= 4 is 0 Å². The molecule has 0 radical (unpaired) electrons. The zero-order valence-corrected chi connectivity index (χ0v) is 8.27. The summed E-state index contributed by atoms with van der Waals surface area (Å²) in [5.74, 6) is 0.283. The number of nitrogens with two attached hydrogens (primary N) is 1. The second-order valence-corrected chi connectivity index (χ2v) is 3.44. The molecule has 4 nitrogen and oxygen atoms in total. The minimum Gasteiger partial charge on any atom is -0.508 e. The largest absolute Gasteiger partial charge is 0.508 e. The third kappa shape index (κ3) is 2.35. The molecule has 4 heteroatoms. The van der Waals surface area contributed by atoms with Gasteiger partial charge in [-0.3, -0.25) is 5.10 Å². The number of aromatic hydroxyl groups is 1. The van der Waals surface area contributed by atoms with Crippen LogP contribution in [0.2, 0.25) is 0 Å². The second kappa shape index (κ2) is 4.14. The monoisotopic (exact) mass is 203 g/mol. The van der Waals surface area contributed by atoms with Crippen molar-refractivity contribution in [2.24, 2.45) is 5.73 Å². The van der Waals surface area contributed by atoms with E-state index in [1.807, 2.05) is 18.2 Å². The molecule has 1 aromatic carbocycles. The minimum absolute atomic E-state index is 0.283. The lowest BCUT2D eigenvalue weighted by Crippen LogP contribution is -1.95. The number of hydrogen-bond acceptors (Lipinski definition) is 3. The maximum Gasteiger partial charge on any atom is 0.115 e. The summed E-state index contributed by atoms with van der Waals surface area (Å²) in [6.07, 6.45) is 0.724. The van der Waals surface area contributed by atoms with Crippen molar-refractivity contribution in [3.05, 3.63) is 47.3 Å². The first kappa shape index (κ1) is 9.73. The van der Waals surface area contributed by atoms with Crippen LogP contribution in [0.15, 0.2) is 30.3 Å². The minimum atomic E-state index is 0.283. The number of phenolic OH excluding ortho intramolecular Hbond substituents is 1. The number of nitrogens with zero attached hydrogens (tertiary/aromatic N) is 1. The van der Waals surface area contributed by atoms with Crippen molar-refractivity contribution < 1.29 is 5.11 Å². The topological polar surface area (TPSA) is 74.9 Å². The molecule has 0 aliphatic heterocycles. The van der Waals surface area contributed by atoms with Crippen LogP contribution in [-0.2, 0) is 13.0 Å². The van der Waals surface area contributed by atoms with E-state index in [4.69, 9.17) is 5.73 Å². The Morgan fingerprint density at radius 1 is 1.33 bits per heavy atom. The fraction of sp³-hybridized carbons (Fsp3) is 0.182. The molecule has 0 saturated heterocycles. The summed E-state index contributed by atoms with van der Waals surface area (Å²) >= 11 is 0. The predicted octanol–water partition coefficient (Wildman–Crippen LogP) is 1.16. The molecule has 0 amide bonds. The summed E-state index contributed by atoms with van der Waals surface area (Å²) in [6, 6.07) is 9.11. The first-order valence-corrected chi connectivity index (χ1v) is 4.79. The lowest BCUT2D eigenvalue weighted by atomic mass is 10.1. The Bertz CT molecular complexity index is 451. The zero-order valence-electron chi connectivity index (χ0n) is 8.27. The van der Waals surface area contributed by atoms with E-state index in [9.17, 15) is 5.11 Å². The van der Waals surface area contributed by atoms with Crippen LogP contribution in [0.3, 0.4) is 0 Å². The van der Waals surface area contributed by atoms with E-state index in [2.05, 4.69) is 10.2 Å². The van der Waals surface area contributed by atoms with Crippen molar-refractivity contribution in [3.8, 4) is 5.75 Å². The van der Waals surface area contributed by atoms with Gasteiger partial charge in [0.25, 0.3) is 0 Å². The average molecular weight is 203 g/mol. The number of phenols is 1. The number of H-pyrrole nitrogens is 1. The zero-order chi connectivity index (χ0) is 10.7. The Kier molecular flexibility index (Phi) is 2.69. The highest BCUT2D eigenvalue weighted by atomic mass is 16.3. The molecule has 0 saturated carbocycles. The average Bonchev–Trinajstić information content (AvgIpc) is 2.65. The fourth-order valence-electron chi connectivity index (χ4n) is 1.49. The molecule has 0 bridgehead atoms. The molecule has 2 aromatic rings. The van der Waals surface area contributed by atoms with Gasteiger partial charge in [-0.15, -0.1) is 0 Å². The molecule has 0 aliphatic rings. The first-order chi connectivity index (χ1) is 7.28. The van der Waals surface area contributed by atoms with Crippen molar-refractivity contribution in [2.75, 3.05) is 0 Å². The second-order valence-electron chi connectivity index (χ2n) is 3.44. The third-order valence-corrected chi connectivity index (χ3v) is 2.20. The molecule has 0 aliphatic carbocycles. The normalized spacial score (nSPS) is 10.5. The van der Waals surface area contributed by atoms with Crippen LogP contribution >= 0.6 is 0 Å². The van der Waals surface area contributed by atoms with Gasteiger partial charge in [0, 0.05) is 18.7 Å². The van der Waals surface area contributed by atoms with Gasteiger partial charge in [-0.05, 0) is 23.8 Å². The van der Waals surface area contributed by atoms with Crippen LogP contribution < -0.4 is 5.73 Å². The highest BCUT2D eigenvalue weighted by Gasteiger charge is 2.01. The third-order valence-electron chi connectivity index (χ3n) is 2.20. The molecular formula is C11H13N3O. The Balaban J connectivity index is 2.14. The quantitative estimate of drug-likeness (QED) is 0.700. The summed E-state index contributed by atoms with van der Waals surface area (Å²) in [6.45, 7) is 0.441. The summed E-state index contributed by atoms with van der Waals surface area (Å²) in [7, 11) is 0. The van der Waals surface area contributed by atoms with E-state index < -0.39 is 0 Å². The highest BCUT2D eigenvalue weighted by Crippen LogP contribution is 2.14. The molecule has 1 aromatic heterocycles. The molecule has 4 N–H and O–H groups in total. The van der Waals surface area contributed by atoms with E-state index in [-0.39, 0.29) is 5.75 Å². The fourth-order valence-corrected chi connectivity index (χ4v) is 1.49. The summed E-state index contributed by atoms with van der Waals surface area (Å²) in [5, 5.41) is 16.3. The molecule has 1 heterocycles. The molecule has 0 atom stereocenters. The summed E-state index contributed by atoms with van der Waals surface area (Å²) in [5.41, 5.74) is 8.35. The number of hydrogen-bond donors (Lipinski definition) is 3. The Morgan fingerprint density at radius 3 is 2.87 bits per heavy atom. The number of benzene rings is 1. The van der Waals surface area contributed by atoms with Gasteiger partial charge in [0.15, 0.2) is 0 Å². The van der Waals surface area contributed by atoms with E-state index in [1.54, 1.807) is 12.1 Å². The van der Waals surface area contributed by atoms with Gasteiger partial charge >= 0.3 is 0 Å². The van der Waals surface area contributed by atoms with Crippen molar-refractivity contribution in [3.63, 3.8) is 0 Å². The smallest absolute Gasteiger partial charge is 0.115 e. The maximum absolute atomic E-state index is 9.30. The van der Waals surface area contributed by atoms with Gasteiger partial charge in [0.05, 0.1) is 5.69 Å². The first-order valence-electron chi connectivity index (χ1n) is 4.79. The summed E-state index contributed by atoms with van der Waals surface area (Å²) in [4.78, 5) is 0. The highest BCUT2D eigenvalue weighted by molar-refractivity contribution is 5.30. The number of rotatable bonds is 3. The van der Waals surface area contributed by atoms with Crippen LogP contribution in [-0.4, -0.2) is 15.3 Å². The Labute approximate surface area is 87.7 Å². The molecule has 0 fully saturated rings. The van der Waals surface area contributed by atoms with Gasteiger partial charge in [0.2, 0.25) is 0 Å². The standard InChI is InChI=1S/C11H13N3O/c12-7-10-6-9(13-14-10)4-8-2-1-3-11(15)5-8/h1-3,5-6,15H,4,7,12H2,(H,13,14). The van der Waals surface area contributed by atoms with E-state index >= 15 is 0 Å². The van der Waals surface area contributed by atoms with Crippen molar-refractivity contribution in [2.45, 2.75) is 13.0 Å². The van der Waals surface area contributed by atoms with Gasteiger partial charge in [-0.2, -0.15) is 5.10 Å². The van der Waals surface area contributed by atoms with Gasteiger partial charge in [-0.1, -0.05) is 12.1 Å². The Hall–Kier alpha value is -1.81. The molecule has 2 rings (SSSR count). The molecule has 15 heavy (non-hydrogen) atoms. The SMILES string of the molecule is NCc1cc(Cc2cccc(O)c2)[nH]n1. The van der Waals surface area contributed by atoms with Gasteiger partial charge in [-0.25, -0.2) is 0 Å². The van der Waals surface area contributed by atoms with Crippen molar-refractivity contribution in [1.82, 2.24) is 10.2 Å². The van der Waals surface area contributed by atoms with Gasteiger partial charge < -0.3 is 10.8 Å². The van der Waals surface area contributed by atoms with E-state index in [0.717, 1.165) is 23.4 Å². The lowest BCUT2D eigenvalue weighted by Gasteiger charge is -1.98. The summed E-state index contributed by atoms with van der Waals surface area (Å²) < 4.78 is 0. The van der Waals surface area contributed by atoms with Crippen LogP contribution in [0, 0.1) is 0 Å². The van der Waals surface area contributed by atoms with E-state index in [0.29, 0.717) is 6.54 Å². The number of aromatic amines is 1. The maximum atomic E-state index is 9.30. The number of nitrogens with one attached hydrogen (secondary N) is 1. The van der Waals surface area contributed by atoms with Crippen molar-refractivity contribution in [1.29, 1.82) is 0 Å². The van der Waals surface area contributed by atoms with Gasteiger partial charge in [0.1, 0.15) is 5.75 Å². The predicted molar refractivity (Wildman–Crippen MR) is 57.4 cm³/mol. The molecule has 0 unspecified atom stereocenters. The molecular weight excluding hydrogens is 190 g/mol. The van der Waals surface area contributed by atoms with E-state index in [1.165, 1.54) is 0 Å². The lowest BCUT2D eigenvalue weighted by molar-refractivity contribution is 0.474. The van der Waals surface area contributed by atoms with Crippen LogP contribution in [0.1, 0.15) is 17.0 Å². The van der Waals surface area contributed by atoms with Crippen LogP contribution in [0.5, 0.6) is 5.75 Å². The molecule has 0 spiro atoms. The number of aromatic nitrogens is 2. The van der Waals surface area contributed by atoms with Crippen LogP contribution in [0.25, 0.3) is 0 Å².